The van der Waals surface area contributed by atoms with Crippen molar-refractivity contribution >= 4 is 17.9 Å². The zero-order valence-corrected chi connectivity index (χ0v) is 36.4. The highest BCUT2D eigenvalue weighted by Crippen LogP contribution is 2.15. The van der Waals surface area contributed by atoms with Crippen LogP contribution in [0.3, 0.4) is 0 Å². The lowest BCUT2D eigenvalue weighted by molar-refractivity contribution is -0.167. The number of allylic oxidation sites excluding steroid dienone is 6. The first-order valence-corrected chi connectivity index (χ1v) is 23.5. The molecule has 0 aromatic heterocycles. The van der Waals surface area contributed by atoms with E-state index < -0.39 is 6.10 Å². The summed E-state index contributed by atoms with van der Waals surface area (Å²) in [7, 11) is 0. The number of hydrogen-bond donors (Lipinski definition) is 0. The molecular formula is C49H88O6. The SMILES string of the molecule is CC/C=C\C/C=C\C/C=C\CCCCCCCC(=O)OCC(COC(=O)CCCCCCCCC)OC(=O)CCCCCCCCCCCCCCCCC. The van der Waals surface area contributed by atoms with E-state index in [2.05, 4.69) is 57.2 Å². The summed E-state index contributed by atoms with van der Waals surface area (Å²) in [4.78, 5) is 37.7. The van der Waals surface area contributed by atoms with Gasteiger partial charge < -0.3 is 14.2 Å². The number of unbranched alkanes of at least 4 members (excludes halogenated alkanes) is 25. The van der Waals surface area contributed by atoms with E-state index in [-0.39, 0.29) is 31.1 Å². The van der Waals surface area contributed by atoms with Crippen molar-refractivity contribution < 1.29 is 28.6 Å². The minimum atomic E-state index is -0.771. The molecule has 55 heavy (non-hydrogen) atoms. The predicted octanol–water partition coefficient (Wildman–Crippen LogP) is 15.0. The zero-order valence-electron chi connectivity index (χ0n) is 36.4. The fourth-order valence-electron chi connectivity index (χ4n) is 6.63. The molecule has 0 aliphatic rings. The Morgan fingerprint density at radius 2 is 0.709 bits per heavy atom. The van der Waals surface area contributed by atoms with Gasteiger partial charge in [-0.1, -0.05) is 205 Å². The average Bonchev–Trinajstić information content (AvgIpc) is 3.18. The molecule has 0 N–H and O–H groups in total. The Balaban J connectivity index is 4.30. The molecule has 0 radical (unpaired) electrons. The fourth-order valence-corrected chi connectivity index (χ4v) is 6.63. The molecule has 6 nitrogen and oxygen atoms in total. The van der Waals surface area contributed by atoms with Crippen molar-refractivity contribution in [1.29, 1.82) is 0 Å². The van der Waals surface area contributed by atoms with Crippen LogP contribution in [0.25, 0.3) is 0 Å². The Morgan fingerprint density at radius 3 is 1.11 bits per heavy atom. The molecule has 1 atom stereocenters. The van der Waals surface area contributed by atoms with Gasteiger partial charge in [0.1, 0.15) is 13.2 Å². The van der Waals surface area contributed by atoms with Gasteiger partial charge in [0.15, 0.2) is 6.10 Å². The van der Waals surface area contributed by atoms with E-state index in [1.54, 1.807) is 0 Å². The van der Waals surface area contributed by atoms with Crippen molar-refractivity contribution in [2.45, 2.75) is 245 Å². The lowest BCUT2D eigenvalue weighted by Gasteiger charge is -2.18. The summed E-state index contributed by atoms with van der Waals surface area (Å²) < 4.78 is 16.7. The second-order valence-corrected chi connectivity index (χ2v) is 15.6. The average molecular weight is 773 g/mol. The van der Waals surface area contributed by atoms with E-state index in [0.717, 1.165) is 96.3 Å². The normalized spacial score (nSPS) is 12.3. The monoisotopic (exact) mass is 773 g/mol. The van der Waals surface area contributed by atoms with Gasteiger partial charge in [0.25, 0.3) is 0 Å². The van der Waals surface area contributed by atoms with Gasteiger partial charge in [-0.15, -0.1) is 0 Å². The lowest BCUT2D eigenvalue weighted by atomic mass is 10.0. The highest BCUT2D eigenvalue weighted by Gasteiger charge is 2.19. The van der Waals surface area contributed by atoms with Crippen LogP contribution in [0.15, 0.2) is 36.5 Å². The largest absolute Gasteiger partial charge is 0.462 e. The minimum Gasteiger partial charge on any atom is -0.462 e. The smallest absolute Gasteiger partial charge is 0.306 e. The first kappa shape index (κ1) is 52.6. The maximum atomic E-state index is 12.7. The lowest BCUT2D eigenvalue weighted by Crippen LogP contribution is -2.30. The summed E-state index contributed by atoms with van der Waals surface area (Å²) in [6, 6.07) is 0. The standard InChI is InChI=1S/C49H88O6/c1-4-7-10-13-16-18-20-22-24-26-28-30-33-36-39-42-48(51)54-45-46(44-53-47(50)41-38-35-32-15-12-9-6-3)55-49(52)43-40-37-34-31-29-27-25-23-21-19-17-14-11-8-5-2/h7,10,16,18,22,24,46H,4-6,8-9,11-15,17,19-21,23,25-45H2,1-3H3/b10-7-,18-16-,24-22-. The van der Waals surface area contributed by atoms with E-state index in [1.165, 1.54) is 103 Å². The molecule has 0 aliphatic carbocycles. The van der Waals surface area contributed by atoms with Crippen LogP contribution in [0.5, 0.6) is 0 Å². The number of ether oxygens (including phenoxy) is 3. The first-order valence-electron chi connectivity index (χ1n) is 23.5. The Bertz CT molecular complexity index is 938. The second kappa shape index (κ2) is 44.3. The van der Waals surface area contributed by atoms with Crippen LogP contribution in [0.2, 0.25) is 0 Å². The summed E-state index contributed by atoms with van der Waals surface area (Å²) >= 11 is 0. The third kappa shape index (κ3) is 42.6. The Morgan fingerprint density at radius 1 is 0.382 bits per heavy atom. The first-order chi connectivity index (χ1) is 27.0. The maximum absolute atomic E-state index is 12.7. The van der Waals surface area contributed by atoms with Crippen LogP contribution >= 0.6 is 0 Å². The molecule has 1 unspecified atom stereocenters. The Kier molecular flexibility index (Phi) is 42.4. The molecule has 6 heteroatoms. The molecule has 0 aromatic carbocycles. The minimum absolute atomic E-state index is 0.0752. The van der Waals surface area contributed by atoms with E-state index in [0.29, 0.717) is 19.3 Å². The van der Waals surface area contributed by atoms with Crippen LogP contribution in [0, 0.1) is 0 Å². The number of carbonyl (C=O) groups is 3. The van der Waals surface area contributed by atoms with E-state index >= 15 is 0 Å². The molecule has 0 saturated heterocycles. The molecular weight excluding hydrogens is 685 g/mol. The Hall–Kier alpha value is -2.37. The van der Waals surface area contributed by atoms with Gasteiger partial charge in [0.05, 0.1) is 0 Å². The molecule has 0 saturated carbocycles. The van der Waals surface area contributed by atoms with E-state index in [4.69, 9.17) is 14.2 Å². The topological polar surface area (TPSA) is 78.9 Å². The van der Waals surface area contributed by atoms with Crippen LogP contribution in [0.4, 0.5) is 0 Å². The van der Waals surface area contributed by atoms with Gasteiger partial charge in [-0.2, -0.15) is 0 Å². The maximum Gasteiger partial charge on any atom is 0.306 e. The van der Waals surface area contributed by atoms with Gasteiger partial charge in [0.2, 0.25) is 0 Å². The van der Waals surface area contributed by atoms with Crippen LogP contribution < -0.4 is 0 Å². The van der Waals surface area contributed by atoms with Crippen molar-refractivity contribution in [3.8, 4) is 0 Å². The molecule has 0 fully saturated rings. The third-order valence-electron chi connectivity index (χ3n) is 10.2. The molecule has 0 heterocycles. The molecule has 0 amide bonds. The summed E-state index contributed by atoms with van der Waals surface area (Å²) in [6.45, 7) is 6.48. The van der Waals surface area contributed by atoms with Crippen molar-refractivity contribution in [2.75, 3.05) is 13.2 Å². The zero-order chi connectivity index (χ0) is 40.1. The van der Waals surface area contributed by atoms with Gasteiger partial charge in [-0.25, -0.2) is 0 Å². The second-order valence-electron chi connectivity index (χ2n) is 15.6. The van der Waals surface area contributed by atoms with Gasteiger partial charge in [-0.05, 0) is 51.4 Å². The van der Waals surface area contributed by atoms with E-state index in [1.807, 2.05) is 0 Å². The van der Waals surface area contributed by atoms with E-state index in [9.17, 15) is 14.4 Å². The molecule has 0 aromatic rings. The van der Waals surface area contributed by atoms with Crippen molar-refractivity contribution in [3.05, 3.63) is 36.5 Å². The summed E-state index contributed by atoms with van der Waals surface area (Å²) in [5.74, 6) is -0.893. The number of carbonyl (C=O) groups excluding carboxylic acids is 3. The van der Waals surface area contributed by atoms with Crippen molar-refractivity contribution in [3.63, 3.8) is 0 Å². The molecule has 320 valence electrons. The van der Waals surface area contributed by atoms with Crippen molar-refractivity contribution in [1.82, 2.24) is 0 Å². The van der Waals surface area contributed by atoms with Gasteiger partial charge in [-0.3, -0.25) is 14.4 Å². The van der Waals surface area contributed by atoms with Crippen LogP contribution in [-0.2, 0) is 28.6 Å². The van der Waals surface area contributed by atoms with Crippen LogP contribution in [-0.4, -0.2) is 37.2 Å². The fraction of sp³-hybridized carbons (Fsp3) is 0.816. The summed E-state index contributed by atoms with van der Waals surface area (Å²) in [5.41, 5.74) is 0. The number of esters is 3. The van der Waals surface area contributed by atoms with Gasteiger partial charge in [0, 0.05) is 19.3 Å². The van der Waals surface area contributed by atoms with Gasteiger partial charge >= 0.3 is 17.9 Å². The highest BCUT2D eigenvalue weighted by molar-refractivity contribution is 5.71. The van der Waals surface area contributed by atoms with Crippen LogP contribution in [0.1, 0.15) is 239 Å². The van der Waals surface area contributed by atoms with Crippen molar-refractivity contribution in [2.24, 2.45) is 0 Å². The highest BCUT2D eigenvalue weighted by atomic mass is 16.6. The summed E-state index contributed by atoms with van der Waals surface area (Å²) in [6.07, 6.45) is 49.9. The Labute approximate surface area is 340 Å². The number of rotatable bonds is 42. The molecule has 0 rings (SSSR count). The summed E-state index contributed by atoms with van der Waals surface area (Å²) in [5, 5.41) is 0. The number of hydrogen-bond acceptors (Lipinski definition) is 6. The molecule has 0 bridgehead atoms. The molecule has 0 spiro atoms. The quantitative estimate of drug-likeness (QED) is 0.0266. The predicted molar refractivity (Wildman–Crippen MR) is 233 cm³/mol. The third-order valence-corrected chi connectivity index (χ3v) is 10.2. The molecule has 0 aliphatic heterocycles.